The van der Waals surface area contributed by atoms with Gasteiger partial charge in [-0.25, -0.2) is 4.39 Å². The van der Waals surface area contributed by atoms with Crippen LogP contribution in [0.1, 0.15) is 15.9 Å². The summed E-state index contributed by atoms with van der Waals surface area (Å²) in [6, 6.07) is 9.30. The zero-order chi connectivity index (χ0) is 18.9. The quantitative estimate of drug-likeness (QED) is 0.711. The number of amides is 1. The molecule has 1 amide bonds. The lowest BCUT2D eigenvalue weighted by Crippen LogP contribution is -2.49. The largest absolute Gasteiger partial charge is 0.418 e. The van der Waals surface area contributed by atoms with Crippen molar-refractivity contribution in [1.82, 2.24) is 4.90 Å². The van der Waals surface area contributed by atoms with E-state index in [-0.39, 0.29) is 42.5 Å². The summed E-state index contributed by atoms with van der Waals surface area (Å²) in [7, 11) is 0. The number of alkyl halides is 3. The molecule has 0 radical (unpaired) electrons. The van der Waals surface area contributed by atoms with Crippen molar-refractivity contribution in [3.8, 4) is 0 Å². The Kier molecular flexibility index (Phi) is 5.09. The maximum atomic E-state index is 13.9. The smallest absolute Gasteiger partial charge is 0.367 e. The molecule has 1 heterocycles. The molecule has 138 valence electrons. The van der Waals surface area contributed by atoms with Crippen LogP contribution in [0.25, 0.3) is 0 Å². The summed E-state index contributed by atoms with van der Waals surface area (Å²) in [5.74, 6) is -1.27. The molecule has 2 aromatic rings. The molecule has 3 nitrogen and oxygen atoms in total. The highest BCUT2D eigenvalue weighted by Gasteiger charge is 2.35. The van der Waals surface area contributed by atoms with Gasteiger partial charge < -0.3 is 9.80 Å². The van der Waals surface area contributed by atoms with E-state index in [9.17, 15) is 22.4 Å². The SMILES string of the molecule is O=C(c1c(F)cccc1Cl)N1CCN(c2ccccc2C(F)(F)F)CC1. The fraction of sp³-hybridized carbons (Fsp3) is 0.278. The van der Waals surface area contributed by atoms with Gasteiger partial charge in [-0.2, -0.15) is 13.2 Å². The van der Waals surface area contributed by atoms with E-state index in [1.807, 2.05) is 0 Å². The van der Waals surface area contributed by atoms with Crippen LogP contribution < -0.4 is 4.90 Å². The highest BCUT2D eigenvalue weighted by molar-refractivity contribution is 6.33. The van der Waals surface area contributed by atoms with Gasteiger partial charge in [-0.1, -0.05) is 29.8 Å². The van der Waals surface area contributed by atoms with Crippen molar-refractivity contribution in [2.75, 3.05) is 31.1 Å². The minimum atomic E-state index is -4.45. The Bertz CT molecular complexity index is 797. The number of piperazine rings is 1. The number of hydrogen-bond acceptors (Lipinski definition) is 2. The summed E-state index contributed by atoms with van der Waals surface area (Å²) in [6.07, 6.45) is -4.45. The van der Waals surface area contributed by atoms with Gasteiger partial charge in [0.1, 0.15) is 5.82 Å². The highest BCUT2D eigenvalue weighted by Crippen LogP contribution is 2.36. The summed E-state index contributed by atoms with van der Waals surface area (Å²) in [4.78, 5) is 15.5. The molecule has 0 bridgehead atoms. The number of anilines is 1. The first-order chi connectivity index (χ1) is 12.3. The Labute approximate surface area is 152 Å². The number of rotatable bonds is 2. The molecule has 0 unspecified atom stereocenters. The van der Waals surface area contributed by atoms with Gasteiger partial charge in [-0.05, 0) is 24.3 Å². The number of benzene rings is 2. The first kappa shape index (κ1) is 18.5. The van der Waals surface area contributed by atoms with Crippen molar-refractivity contribution < 1.29 is 22.4 Å². The molecule has 0 saturated carbocycles. The van der Waals surface area contributed by atoms with Crippen molar-refractivity contribution in [3.63, 3.8) is 0 Å². The standard InChI is InChI=1S/C18H15ClF4N2O/c19-13-5-3-6-14(20)16(13)17(26)25-10-8-24(9-11-25)15-7-2-1-4-12(15)18(21,22)23/h1-7H,8-11H2. The third-order valence-electron chi connectivity index (χ3n) is 4.29. The number of nitrogens with zero attached hydrogens (tertiary/aromatic N) is 2. The molecule has 0 atom stereocenters. The van der Waals surface area contributed by atoms with E-state index in [4.69, 9.17) is 11.6 Å². The van der Waals surface area contributed by atoms with Gasteiger partial charge in [0.05, 0.1) is 16.1 Å². The van der Waals surface area contributed by atoms with Crippen LogP contribution >= 0.6 is 11.6 Å². The van der Waals surface area contributed by atoms with Gasteiger partial charge in [0.15, 0.2) is 0 Å². The molecule has 8 heteroatoms. The van der Waals surface area contributed by atoms with Crippen LogP contribution in [0.15, 0.2) is 42.5 Å². The lowest BCUT2D eigenvalue weighted by molar-refractivity contribution is -0.137. The van der Waals surface area contributed by atoms with E-state index in [1.165, 1.54) is 29.2 Å². The molecule has 1 fully saturated rings. The number of hydrogen-bond donors (Lipinski definition) is 0. The predicted octanol–water partition coefficient (Wildman–Crippen LogP) is 4.46. The lowest BCUT2D eigenvalue weighted by Gasteiger charge is -2.37. The molecule has 0 spiro atoms. The summed E-state index contributed by atoms with van der Waals surface area (Å²) in [5, 5.41) is 0.0137. The first-order valence-corrected chi connectivity index (χ1v) is 8.31. The number of para-hydroxylation sites is 1. The van der Waals surface area contributed by atoms with Crippen LogP contribution in [0.4, 0.5) is 23.2 Å². The molecule has 2 aromatic carbocycles. The van der Waals surface area contributed by atoms with Crippen LogP contribution in [0, 0.1) is 5.82 Å². The van der Waals surface area contributed by atoms with Gasteiger partial charge in [-0.15, -0.1) is 0 Å². The topological polar surface area (TPSA) is 23.6 Å². The van der Waals surface area contributed by atoms with Crippen molar-refractivity contribution in [2.45, 2.75) is 6.18 Å². The third kappa shape index (κ3) is 3.62. The average Bonchev–Trinajstić information content (AvgIpc) is 2.61. The van der Waals surface area contributed by atoms with E-state index in [1.54, 1.807) is 11.0 Å². The fourth-order valence-corrected chi connectivity index (χ4v) is 3.24. The van der Waals surface area contributed by atoms with E-state index >= 15 is 0 Å². The Balaban J connectivity index is 1.76. The molecular weight excluding hydrogens is 372 g/mol. The third-order valence-corrected chi connectivity index (χ3v) is 4.61. The van der Waals surface area contributed by atoms with Crippen LogP contribution in [0.5, 0.6) is 0 Å². The Morgan fingerprint density at radius 2 is 1.62 bits per heavy atom. The fourth-order valence-electron chi connectivity index (χ4n) is 3.00. The minimum absolute atomic E-state index is 0.0137. The zero-order valence-electron chi connectivity index (χ0n) is 13.6. The van der Waals surface area contributed by atoms with E-state index in [0.29, 0.717) is 0 Å². The monoisotopic (exact) mass is 386 g/mol. The predicted molar refractivity (Wildman–Crippen MR) is 91.0 cm³/mol. The van der Waals surface area contributed by atoms with Crippen molar-refractivity contribution >= 4 is 23.2 Å². The van der Waals surface area contributed by atoms with Crippen LogP contribution in [0.2, 0.25) is 5.02 Å². The molecule has 0 N–H and O–H groups in total. The van der Waals surface area contributed by atoms with Crippen molar-refractivity contribution in [3.05, 3.63) is 64.4 Å². The van der Waals surface area contributed by atoms with Crippen LogP contribution in [-0.4, -0.2) is 37.0 Å². The summed E-state index contributed by atoms with van der Waals surface area (Å²) in [5.41, 5.74) is -0.841. The van der Waals surface area contributed by atoms with Gasteiger partial charge in [0, 0.05) is 31.9 Å². The first-order valence-electron chi connectivity index (χ1n) is 7.93. The molecular formula is C18H15ClF4N2O. The van der Waals surface area contributed by atoms with Gasteiger partial charge in [0.25, 0.3) is 5.91 Å². The molecule has 0 aliphatic carbocycles. The number of halogens is 5. The van der Waals surface area contributed by atoms with Crippen LogP contribution in [0.3, 0.4) is 0 Å². The second-order valence-corrected chi connectivity index (χ2v) is 6.30. The van der Waals surface area contributed by atoms with Gasteiger partial charge >= 0.3 is 6.18 Å². The molecule has 26 heavy (non-hydrogen) atoms. The van der Waals surface area contributed by atoms with E-state index in [0.717, 1.165) is 12.1 Å². The van der Waals surface area contributed by atoms with E-state index in [2.05, 4.69) is 0 Å². The minimum Gasteiger partial charge on any atom is -0.367 e. The maximum absolute atomic E-state index is 13.9. The highest BCUT2D eigenvalue weighted by atomic mass is 35.5. The Morgan fingerprint density at radius 1 is 0.962 bits per heavy atom. The van der Waals surface area contributed by atoms with Crippen molar-refractivity contribution in [2.24, 2.45) is 0 Å². The molecule has 1 saturated heterocycles. The second-order valence-electron chi connectivity index (χ2n) is 5.89. The normalized spacial score (nSPS) is 15.3. The van der Waals surface area contributed by atoms with Crippen LogP contribution in [-0.2, 0) is 6.18 Å². The van der Waals surface area contributed by atoms with E-state index < -0.39 is 23.5 Å². The lowest BCUT2D eigenvalue weighted by atomic mass is 10.1. The Hall–Kier alpha value is -2.28. The zero-order valence-corrected chi connectivity index (χ0v) is 14.3. The second kappa shape index (κ2) is 7.15. The average molecular weight is 387 g/mol. The molecule has 1 aliphatic heterocycles. The number of carbonyl (C=O) groups is 1. The molecule has 1 aliphatic rings. The molecule has 0 aromatic heterocycles. The summed E-state index contributed by atoms with van der Waals surface area (Å²) in [6.45, 7) is 0.779. The number of carbonyl (C=O) groups excluding carboxylic acids is 1. The van der Waals surface area contributed by atoms with Gasteiger partial charge in [-0.3, -0.25) is 4.79 Å². The summed E-state index contributed by atoms with van der Waals surface area (Å²) >= 11 is 5.92. The summed E-state index contributed by atoms with van der Waals surface area (Å²) < 4.78 is 53.4. The van der Waals surface area contributed by atoms with Crippen molar-refractivity contribution in [1.29, 1.82) is 0 Å². The maximum Gasteiger partial charge on any atom is 0.418 e. The Morgan fingerprint density at radius 3 is 2.23 bits per heavy atom. The molecule has 3 rings (SSSR count). The van der Waals surface area contributed by atoms with Gasteiger partial charge in [0.2, 0.25) is 0 Å².